The summed E-state index contributed by atoms with van der Waals surface area (Å²) in [5.41, 5.74) is 7.56. The van der Waals surface area contributed by atoms with Crippen LogP contribution < -0.4 is 11.2 Å². The zero-order valence-electron chi connectivity index (χ0n) is 11.2. The van der Waals surface area contributed by atoms with Gasteiger partial charge >= 0.3 is 0 Å². The summed E-state index contributed by atoms with van der Waals surface area (Å²) in [6.45, 7) is 0.0198. The first-order chi connectivity index (χ1) is 9.88. The predicted octanol–water partition coefficient (Wildman–Crippen LogP) is -0.639. The molecule has 0 saturated heterocycles. The first-order valence-electron chi connectivity index (χ1n) is 6.18. The molecule has 0 bridgehead atoms. The van der Waals surface area contributed by atoms with E-state index in [1.807, 2.05) is 0 Å². The summed E-state index contributed by atoms with van der Waals surface area (Å²) in [6.07, 6.45) is -3.72. The van der Waals surface area contributed by atoms with Gasteiger partial charge in [0, 0.05) is 0 Å². The minimum Gasteiger partial charge on any atom is -0.390 e. The van der Waals surface area contributed by atoms with E-state index in [1.54, 1.807) is 0 Å². The van der Waals surface area contributed by atoms with Crippen LogP contribution in [-0.2, 0) is 21.0 Å². The minimum atomic E-state index is -1.42. The second-order valence-corrected chi connectivity index (χ2v) is 4.45. The molecule has 0 heterocycles. The maximum absolute atomic E-state index is 12.7. The number of nitrogens with two attached hydrogens (primary N) is 1. The Kier molecular flexibility index (Phi) is 6.73. The number of aliphatic hydroxyl groups excluding tert-OH is 2. The van der Waals surface area contributed by atoms with Crippen molar-refractivity contribution in [3.05, 3.63) is 35.6 Å². The molecule has 2 amide bonds. The molecule has 7 nitrogen and oxygen atoms in total. The number of nitrogens with one attached hydrogen (secondary N) is 1. The van der Waals surface area contributed by atoms with E-state index in [-0.39, 0.29) is 12.4 Å². The van der Waals surface area contributed by atoms with Crippen molar-refractivity contribution in [2.45, 2.75) is 31.7 Å². The van der Waals surface area contributed by atoms with Crippen LogP contribution in [0.25, 0.3) is 0 Å². The lowest BCUT2D eigenvalue weighted by atomic mass is 10.1. The van der Waals surface area contributed by atoms with Crippen LogP contribution in [0.1, 0.15) is 18.4 Å². The molecule has 0 aliphatic carbocycles. The standard InChI is InChI=1S/C13H17FN2O5/c14-9-3-1-8(2-4-9)7-21-16-13(20)6-11(18)10(17)5-12(15)19/h1-4,10-11,17-18H,5-7H2,(H2,15,19)(H,16,20). The van der Waals surface area contributed by atoms with Crippen molar-refractivity contribution >= 4 is 11.8 Å². The molecule has 5 N–H and O–H groups in total. The zero-order valence-corrected chi connectivity index (χ0v) is 11.2. The van der Waals surface area contributed by atoms with Gasteiger partial charge in [0.1, 0.15) is 5.82 Å². The Hall–Kier alpha value is -2.03. The van der Waals surface area contributed by atoms with E-state index < -0.39 is 36.9 Å². The molecule has 2 atom stereocenters. The van der Waals surface area contributed by atoms with Gasteiger partial charge < -0.3 is 15.9 Å². The number of rotatable bonds is 8. The van der Waals surface area contributed by atoms with E-state index in [0.29, 0.717) is 5.56 Å². The van der Waals surface area contributed by atoms with Crippen molar-refractivity contribution < 1.29 is 29.0 Å². The number of benzene rings is 1. The zero-order chi connectivity index (χ0) is 15.8. The van der Waals surface area contributed by atoms with Gasteiger partial charge in [0.15, 0.2) is 0 Å². The van der Waals surface area contributed by atoms with E-state index in [0.717, 1.165) is 0 Å². The Balaban J connectivity index is 2.27. The summed E-state index contributed by atoms with van der Waals surface area (Å²) in [5, 5.41) is 18.8. The van der Waals surface area contributed by atoms with Crippen molar-refractivity contribution in [2.24, 2.45) is 5.73 Å². The highest BCUT2D eigenvalue weighted by Crippen LogP contribution is 2.05. The summed E-state index contributed by atoms with van der Waals surface area (Å²) in [5.74, 6) is -1.84. The number of hydrogen-bond acceptors (Lipinski definition) is 5. The normalized spacial score (nSPS) is 13.5. The summed E-state index contributed by atoms with van der Waals surface area (Å²) in [4.78, 5) is 26.8. The fourth-order valence-electron chi connectivity index (χ4n) is 1.49. The number of primary amides is 1. The second kappa shape index (κ2) is 8.30. The van der Waals surface area contributed by atoms with E-state index in [2.05, 4.69) is 5.48 Å². The van der Waals surface area contributed by atoms with E-state index in [4.69, 9.17) is 10.6 Å². The molecule has 1 aromatic carbocycles. The molecule has 0 fully saturated rings. The Labute approximate surface area is 120 Å². The number of aliphatic hydroxyl groups is 2. The molecule has 1 rings (SSSR count). The maximum Gasteiger partial charge on any atom is 0.246 e. The summed E-state index contributed by atoms with van der Waals surface area (Å²) < 4.78 is 12.7. The van der Waals surface area contributed by atoms with Gasteiger partial charge in [0.2, 0.25) is 11.8 Å². The third kappa shape index (κ3) is 6.80. The first kappa shape index (κ1) is 17.0. The molecule has 8 heteroatoms. The van der Waals surface area contributed by atoms with Crippen LogP contribution in [0.3, 0.4) is 0 Å². The molecule has 21 heavy (non-hydrogen) atoms. The molecular weight excluding hydrogens is 283 g/mol. The monoisotopic (exact) mass is 300 g/mol. The average molecular weight is 300 g/mol. The van der Waals surface area contributed by atoms with E-state index >= 15 is 0 Å². The molecule has 0 aromatic heterocycles. The van der Waals surface area contributed by atoms with Gasteiger partial charge in [0.25, 0.3) is 0 Å². The van der Waals surface area contributed by atoms with Gasteiger partial charge in [0.05, 0.1) is 31.7 Å². The molecule has 0 saturated carbocycles. The third-order valence-electron chi connectivity index (χ3n) is 2.59. The van der Waals surface area contributed by atoms with Crippen molar-refractivity contribution in [3.8, 4) is 0 Å². The van der Waals surface area contributed by atoms with Gasteiger partial charge in [-0.3, -0.25) is 14.4 Å². The van der Waals surface area contributed by atoms with Crippen LogP contribution in [0, 0.1) is 5.82 Å². The Morgan fingerprint density at radius 1 is 1.19 bits per heavy atom. The van der Waals surface area contributed by atoms with E-state index in [9.17, 15) is 24.2 Å². The van der Waals surface area contributed by atoms with Crippen LogP contribution in [0.2, 0.25) is 0 Å². The van der Waals surface area contributed by atoms with Crippen molar-refractivity contribution in [2.75, 3.05) is 0 Å². The molecule has 0 aliphatic heterocycles. The molecule has 1 aromatic rings. The molecule has 116 valence electrons. The third-order valence-corrected chi connectivity index (χ3v) is 2.59. The van der Waals surface area contributed by atoms with Crippen LogP contribution >= 0.6 is 0 Å². The quantitative estimate of drug-likeness (QED) is 0.476. The first-order valence-corrected chi connectivity index (χ1v) is 6.18. The summed E-state index contributed by atoms with van der Waals surface area (Å²) in [7, 11) is 0. The van der Waals surface area contributed by atoms with Crippen molar-refractivity contribution in [1.82, 2.24) is 5.48 Å². The maximum atomic E-state index is 12.7. The molecule has 0 spiro atoms. The number of carbonyl (C=O) groups excluding carboxylic acids is 2. The van der Waals surface area contributed by atoms with Gasteiger partial charge in [-0.05, 0) is 17.7 Å². The number of carbonyl (C=O) groups is 2. The van der Waals surface area contributed by atoms with Crippen molar-refractivity contribution in [1.29, 1.82) is 0 Å². The summed E-state index contributed by atoms with van der Waals surface area (Å²) >= 11 is 0. The van der Waals surface area contributed by atoms with Gasteiger partial charge in [-0.25, -0.2) is 9.87 Å². The summed E-state index contributed by atoms with van der Waals surface area (Å²) in [6, 6.07) is 5.49. The van der Waals surface area contributed by atoms with Gasteiger partial charge in [-0.1, -0.05) is 12.1 Å². The number of hydroxylamine groups is 1. The van der Waals surface area contributed by atoms with Gasteiger partial charge in [-0.15, -0.1) is 0 Å². The SMILES string of the molecule is NC(=O)CC(O)C(O)CC(=O)NOCc1ccc(F)cc1. The Morgan fingerprint density at radius 3 is 2.33 bits per heavy atom. The topological polar surface area (TPSA) is 122 Å². The smallest absolute Gasteiger partial charge is 0.246 e. The lowest BCUT2D eigenvalue weighted by Gasteiger charge is -2.15. The van der Waals surface area contributed by atoms with Crippen LogP contribution in [0.15, 0.2) is 24.3 Å². The number of amides is 2. The lowest BCUT2D eigenvalue weighted by Crippen LogP contribution is -2.36. The highest BCUT2D eigenvalue weighted by atomic mass is 19.1. The number of hydrogen-bond donors (Lipinski definition) is 4. The highest BCUT2D eigenvalue weighted by Gasteiger charge is 2.21. The molecular formula is C13H17FN2O5. The largest absolute Gasteiger partial charge is 0.390 e. The Bertz CT molecular complexity index is 480. The minimum absolute atomic E-state index is 0.0198. The van der Waals surface area contributed by atoms with Crippen molar-refractivity contribution in [3.63, 3.8) is 0 Å². The van der Waals surface area contributed by atoms with Crippen LogP contribution in [0.5, 0.6) is 0 Å². The molecule has 2 unspecified atom stereocenters. The van der Waals surface area contributed by atoms with E-state index in [1.165, 1.54) is 24.3 Å². The Morgan fingerprint density at radius 2 is 1.76 bits per heavy atom. The highest BCUT2D eigenvalue weighted by molar-refractivity contribution is 5.76. The van der Waals surface area contributed by atoms with Crippen LogP contribution in [-0.4, -0.2) is 34.2 Å². The average Bonchev–Trinajstić information content (AvgIpc) is 2.40. The molecule has 0 radical (unpaired) electrons. The lowest BCUT2D eigenvalue weighted by molar-refractivity contribution is -0.139. The fourth-order valence-corrected chi connectivity index (χ4v) is 1.49. The van der Waals surface area contributed by atoms with Gasteiger partial charge in [-0.2, -0.15) is 0 Å². The molecule has 0 aliphatic rings. The predicted molar refractivity (Wildman–Crippen MR) is 69.8 cm³/mol. The fraction of sp³-hybridized carbons (Fsp3) is 0.385. The second-order valence-electron chi connectivity index (χ2n) is 4.45. The van der Waals surface area contributed by atoms with Crippen LogP contribution in [0.4, 0.5) is 4.39 Å². The number of halogens is 1.